The van der Waals surface area contributed by atoms with Crippen LogP contribution in [0.1, 0.15) is 18.7 Å². The first kappa shape index (κ1) is 14.0. The van der Waals surface area contributed by atoms with Crippen molar-refractivity contribution in [1.82, 2.24) is 10.2 Å². The number of nitrogens with one attached hydrogen (secondary N) is 1. The van der Waals surface area contributed by atoms with Gasteiger partial charge >= 0.3 is 6.03 Å². The maximum absolute atomic E-state index is 12.5. The molecule has 1 fully saturated rings. The Bertz CT molecular complexity index is 529. The van der Waals surface area contributed by atoms with Crippen LogP contribution in [0.25, 0.3) is 0 Å². The van der Waals surface area contributed by atoms with Crippen molar-refractivity contribution in [3.8, 4) is 0 Å². The molecule has 0 aliphatic carbocycles. The minimum Gasteiger partial charge on any atom is -0.393 e. The lowest BCUT2D eigenvalue weighted by Crippen LogP contribution is -2.41. The molecule has 0 bridgehead atoms. The van der Waals surface area contributed by atoms with Gasteiger partial charge in [0.05, 0.1) is 4.99 Å². The van der Waals surface area contributed by atoms with E-state index in [1.54, 1.807) is 13.8 Å². The van der Waals surface area contributed by atoms with Gasteiger partial charge in [-0.25, -0.2) is 4.79 Å². The number of hydrogen-bond donors (Lipinski definition) is 2. The summed E-state index contributed by atoms with van der Waals surface area (Å²) in [5.41, 5.74) is 4.55. The molecule has 0 spiro atoms. The number of carbonyl (C=O) groups is 2. The maximum atomic E-state index is 12.5. The predicted octanol–water partition coefficient (Wildman–Crippen LogP) is 1.44. The highest BCUT2D eigenvalue weighted by atomic mass is 32.1. The molecule has 2 unspecified atom stereocenters. The van der Waals surface area contributed by atoms with Crippen molar-refractivity contribution < 1.29 is 9.59 Å². The van der Waals surface area contributed by atoms with E-state index >= 15 is 0 Å². The van der Waals surface area contributed by atoms with Crippen molar-refractivity contribution in [3.05, 3.63) is 22.4 Å². The molecule has 0 radical (unpaired) electrons. The Morgan fingerprint density at radius 1 is 1.63 bits per heavy atom. The fourth-order valence-electron chi connectivity index (χ4n) is 1.96. The number of carbonyl (C=O) groups excluding carboxylic acids is 2. The molecule has 102 valence electrons. The molecule has 3 N–H and O–H groups in total. The Labute approximate surface area is 120 Å². The summed E-state index contributed by atoms with van der Waals surface area (Å²) in [5.74, 6) is -0.460. The van der Waals surface area contributed by atoms with Crippen molar-refractivity contribution >= 4 is 40.5 Å². The molecule has 1 aliphatic heterocycles. The van der Waals surface area contributed by atoms with Gasteiger partial charge in [0.25, 0.3) is 5.91 Å². The molecule has 19 heavy (non-hydrogen) atoms. The van der Waals surface area contributed by atoms with E-state index in [-0.39, 0.29) is 18.4 Å². The fraction of sp³-hybridized carbons (Fsp3) is 0.417. The molecule has 0 saturated carbocycles. The van der Waals surface area contributed by atoms with Crippen molar-refractivity contribution in [2.24, 2.45) is 11.7 Å². The van der Waals surface area contributed by atoms with E-state index in [0.717, 1.165) is 4.88 Å². The van der Waals surface area contributed by atoms with Crippen molar-refractivity contribution in [3.63, 3.8) is 0 Å². The second kappa shape index (κ2) is 4.90. The van der Waals surface area contributed by atoms with Crippen molar-refractivity contribution in [2.45, 2.75) is 19.4 Å². The van der Waals surface area contributed by atoms with Gasteiger partial charge in [-0.1, -0.05) is 25.2 Å². The smallest absolute Gasteiger partial charge is 0.325 e. The highest BCUT2D eigenvalue weighted by molar-refractivity contribution is 7.80. The lowest BCUT2D eigenvalue weighted by molar-refractivity contribution is -0.131. The lowest BCUT2D eigenvalue weighted by atomic mass is 10.0. The zero-order valence-corrected chi connectivity index (χ0v) is 12.3. The zero-order chi connectivity index (χ0) is 14.2. The summed E-state index contributed by atoms with van der Waals surface area (Å²) in [6.07, 6.45) is 0. The minimum absolute atomic E-state index is 0.199. The van der Waals surface area contributed by atoms with Gasteiger partial charge in [0, 0.05) is 17.3 Å². The van der Waals surface area contributed by atoms with Gasteiger partial charge in [0.2, 0.25) is 0 Å². The van der Waals surface area contributed by atoms with Crippen molar-refractivity contribution in [2.75, 3.05) is 6.54 Å². The van der Waals surface area contributed by atoms with Gasteiger partial charge in [-0.3, -0.25) is 9.69 Å². The summed E-state index contributed by atoms with van der Waals surface area (Å²) in [6.45, 7) is 3.72. The standard InChI is InChI=1S/C12H15N3O2S2/c1-7(9(13)18)6-15-10(16)12(2,14-11(15)17)8-4-3-5-19-8/h3-5,7H,6H2,1-2H3,(H2,13,18)(H,14,17). The number of thiophene rings is 1. The first-order chi connectivity index (χ1) is 8.86. The molecule has 1 saturated heterocycles. The monoisotopic (exact) mass is 297 g/mol. The van der Waals surface area contributed by atoms with E-state index in [1.807, 2.05) is 17.5 Å². The molecule has 1 aliphatic rings. The second-order valence-corrected chi connectivity index (χ2v) is 6.17. The molecule has 1 aromatic heterocycles. The van der Waals surface area contributed by atoms with Crippen LogP contribution in [0.3, 0.4) is 0 Å². The topological polar surface area (TPSA) is 75.4 Å². The third-order valence-corrected chi connectivity index (χ3v) is 4.72. The highest BCUT2D eigenvalue weighted by Crippen LogP contribution is 2.32. The number of nitrogens with zero attached hydrogens (tertiary/aromatic N) is 1. The Kier molecular flexibility index (Phi) is 3.60. The van der Waals surface area contributed by atoms with Crippen LogP contribution < -0.4 is 11.1 Å². The Balaban J connectivity index is 2.24. The summed E-state index contributed by atoms with van der Waals surface area (Å²) >= 11 is 6.32. The minimum atomic E-state index is -0.985. The molecule has 3 amide bonds. The van der Waals surface area contributed by atoms with Crippen LogP contribution in [0.2, 0.25) is 0 Å². The number of imide groups is 1. The molecule has 2 rings (SSSR count). The summed E-state index contributed by atoms with van der Waals surface area (Å²) in [7, 11) is 0. The van der Waals surface area contributed by atoms with Crippen LogP contribution in [0.5, 0.6) is 0 Å². The highest BCUT2D eigenvalue weighted by Gasteiger charge is 2.49. The second-order valence-electron chi connectivity index (χ2n) is 4.75. The third kappa shape index (κ3) is 2.35. The van der Waals surface area contributed by atoms with E-state index < -0.39 is 11.6 Å². The Morgan fingerprint density at radius 3 is 2.84 bits per heavy atom. The van der Waals surface area contributed by atoms with Crippen LogP contribution in [0, 0.1) is 5.92 Å². The maximum Gasteiger partial charge on any atom is 0.325 e. The van der Waals surface area contributed by atoms with Crippen LogP contribution in [0.4, 0.5) is 4.79 Å². The van der Waals surface area contributed by atoms with Gasteiger partial charge in [0.15, 0.2) is 5.54 Å². The summed E-state index contributed by atoms with van der Waals surface area (Å²) in [4.78, 5) is 26.7. The number of thiocarbonyl (C=S) groups is 1. The summed E-state index contributed by atoms with van der Waals surface area (Å²) < 4.78 is 0. The van der Waals surface area contributed by atoms with Crippen LogP contribution >= 0.6 is 23.6 Å². The van der Waals surface area contributed by atoms with E-state index in [9.17, 15) is 9.59 Å². The Morgan fingerprint density at radius 2 is 2.32 bits per heavy atom. The third-order valence-electron chi connectivity index (χ3n) is 3.23. The lowest BCUT2D eigenvalue weighted by Gasteiger charge is -2.21. The van der Waals surface area contributed by atoms with Gasteiger partial charge in [-0.2, -0.15) is 0 Å². The number of hydrogen-bond acceptors (Lipinski definition) is 4. The first-order valence-corrected chi connectivity index (χ1v) is 7.12. The van der Waals surface area contributed by atoms with Gasteiger partial charge in [0.1, 0.15) is 0 Å². The van der Waals surface area contributed by atoms with E-state index in [1.165, 1.54) is 16.2 Å². The van der Waals surface area contributed by atoms with Gasteiger partial charge < -0.3 is 11.1 Å². The molecular formula is C12H15N3O2S2. The molecule has 0 aromatic carbocycles. The summed E-state index contributed by atoms with van der Waals surface area (Å²) in [5, 5.41) is 4.62. The van der Waals surface area contributed by atoms with Crippen molar-refractivity contribution in [1.29, 1.82) is 0 Å². The fourth-order valence-corrected chi connectivity index (χ4v) is 2.87. The Hall–Kier alpha value is -1.47. The molecule has 2 heterocycles. The average molecular weight is 297 g/mol. The zero-order valence-electron chi connectivity index (χ0n) is 10.7. The average Bonchev–Trinajstić information content (AvgIpc) is 2.93. The molecule has 2 atom stereocenters. The largest absolute Gasteiger partial charge is 0.393 e. The SMILES string of the molecule is CC(CN1C(=O)NC(C)(c2cccs2)C1=O)C(N)=S. The van der Waals surface area contributed by atoms with Gasteiger partial charge in [-0.05, 0) is 18.4 Å². The van der Waals surface area contributed by atoms with Crippen LogP contribution in [0.15, 0.2) is 17.5 Å². The summed E-state index contributed by atoms with van der Waals surface area (Å²) in [6, 6.07) is 3.29. The normalized spacial score (nSPS) is 24.4. The van der Waals surface area contributed by atoms with E-state index in [2.05, 4.69) is 5.32 Å². The quantitative estimate of drug-likeness (QED) is 0.651. The first-order valence-electron chi connectivity index (χ1n) is 5.83. The molecule has 7 heteroatoms. The number of nitrogens with two attached hydrogens (primary N) is 1. The number of rotatable bonds is 4. The van der Waals surface area contributed by atoms with Crippen LogP contribution in [-0.4, -0.2) is 28.4 Å². The molecular weight excluding hydrogens is 282 g/mol. The van der Waals surface area contributed by atoms with E-state index in [0.29, 0.717) is 4.99 Å². The van der Waals surface area contributed by atoms with E-state index in [4.69, 9.17) is 18.0 Å². The molecule has 5 nitrogen and oxygen atoms in total. The number of amides is 3. The number of urea groups is 1. The van der Waals surface area contributed by atoms with Gasteiger partial charge in [-0.15, -0.1) is 11.3 Å². The van der Waals surface area contributed by atoms with Crippen LogP contribution in [-0.2, 0) is 10.3 Å². The molecule has 1 aromatic rings. The predicted molar refractivity (Wildman–Crippen MR) is 77.9 cm³/mol.